The lowest BCUT2D eigenvalue weighted by atomic mass is 9.97. The van der Waals surface area contributed by atoms with Crippen LogP contribution in [0.4, 0.5) is 0 Å². The highest BCUT2D eigenvalue weighted by atomic mass is 32.1. The molecule has 242 valence electrons. The van der Waals surface area contributed by atoms with Gasteiger partial charge < -0.3 is 0 Å². The Labute approximate surface area is 306 Å². The highest BCUT2D eigenvalue weighted by Gasteiger charge is 2.20. The summed E-state index contributed by atoms with van der Waals surface area (Å²) in [5.41, 5.74) is 6.02. The third kappa shape index (κ3) is 4.58. The van der Waals surface area contributed by atoms with E-state index in [0.29, 0.717) is 17.5 Å². The number of thiophene rings is 2. The van der Waals surface area contributed by atoms with Crippen molar-refractivity contribution in [3.05, 3.63) is 158 Å². The minimum Gasteiger partial charge on any atom is -0.247 e. The summed E-state index contributed by atoms with van der Waals surface area (Å²) in [5.74, 6) is 1.96. The van der Waals surface area contributed by atoms with Gasteiger partial charge in [0.15, 0.2) is 17.5 Å². The summed E-state index contributed by atoms with van der Waals surface area (Å²) in [6.07, 6.45) is 0. The Kier molecular flexibility index (Phi) is 6.56. The maximum Gasteiger partial charge on any atom is 0.165 e. The van der Waals surface area contributed by atoms with Crippen molar-refractivity contribution < 1.29 is 0 Å². The number of benzene rings is 7. The Balaban J connectivity index is 1.18. The summed E-state index contributed by atoms with van der Waals surface area (Å²) in [5, 5.41) is 8.32. The molecule has 7 aromatic carbocycles. The van der Waals surface area contributed by atoms with Gasteiger partial charge in [0.1, 0.15) is 0 Å². The molecule has 11 rings (SSSR count). The van der Waals surface area contributed by atoms with Gasteiger partial charge in [0, 0.05) is 68.0 Å². The number of aromatic nitrogens is 4. The van der Waals surface area contributed by atoms with Crippen LogP contribution in [0.5, 0.6) is 0 Å². The van der Waals surface area contributed by atoms with Gasteiger partial charge in [0.2, 0.25) is 0 Å². The van der Waals surface area contributed by atoms with Crippen LogP contribution in [0.3, 0.4) is 0 Å². The van der Waals surface area contributed by atoms with E-state index in [0.717, 1.165) is 49.6 Å². The monoisotopic (exact) mass is 698 g/mol. The van der Waals surface area contributed by atoms with E-state index in [2.05, 4.69) is 140 Å². The summed E-state index contributed by atoms with van der Waals surface area (Å²) in [6, 6.07) is 55.4. The van der Waals surface area contributed by atoms with Crippen molar-refractivity contribution in [1.82, 2.24) is 19.9 Å². The first-order valence-electron chi connectivity index (χ1n) is 17.2. The Morgan fingerprint density at radius 1 is 0.365 bits per heavy atom. The summed E-state index contributed by atoms with van der Waals surface area (Å²) >= 11 is 3.61. The second-order valence-electron chi connectivity index (χ2n) is 13.0. The molecule has 0 spiro atoms. The van der Waals surface area contributed by atoms with Crippen LogP contribution in [0, 0.1) is 0 Å². The predicted octanol–water partition coefficient (Wildman–Crippen LogP) is 13.0. The van der Waals surface area contributed by atoms with Crippen LogP contribution in [0.1, 0.15) is 0 Å². The van der Waals surface area contributed by atoms with Crippen LogP contribution in [0.25, 0.3) is 107 Å². The van der Waals surface area contributed by atoms with Crippen molar-refractivity contribution in [1.29, 1.82) is 0 Å². The van der Waals surface area contributed by atoms with Crippen LogP contribution < -0.4 is 0 Å². The molecule has 0 N–H and O–H groups in total. The number of nitrogens with zero attached hydrogens (tertiary/aromatic N) is 4. The van der Waals surface area contributed by atoms with Crippen molar-refractivity contribution in [3.8, 4) is 45.4 Å². The zero-order chi connectivity index (χ0) is 34.2. The number of rotatable bonds is 4. The minimum absolute atomic E-state index is 0.642. The highest BCUT2D eigenvalue weighted by molar-refractivity contribution is 7.27. The van der Waals surface area contributed by atoms with Crippen molar-refractivity contribution >= 4 is 84.7 Å². The molecule has 0 bridgehead atoms. The fraction of sp³-hybridized carbons (Fsp3) is 0. The molecular formula is C46H26N4S2. The van der Waals surface area contributed by atoms with Crippen LogP contribution in [-0.4, -0.2) is 19.9 Å². The van der Waals surface area contributed by atoms with Gasteiger partial charge >= 0.3 is 0 Å². The maximum absolute atomic E-state index is 5.37. The second kappa shape index (κ2) is 11.6. The van der Waals surface area contributed by atoms with E-state index >= 15 is 0 Å². The van der Waals surface area contributed by atoms with Gasteiger partial charge in [-0.05, 0) is 47.2 Å². The third-order valence-electron chi connectivity index (χ3n) is 9.92. The van der Waals surface area contributed by atoms with Crippen LogP contribution in [-0.2, 0) is 0 Å². The number of para-hydroxylation sites is 1. The van der Waals surface area contributed by atoms with Gasteiger partial charge in [-0.15, -0.1) is 22.7 Å². The Morgan fingerprint density at radius 2 is 1.00 bits per heavy atom. The van der Waals surface area contributed by atoms with Gasteiger partial charge in [-0.2, -0.15) is 0 Å². The number of hydrogen-bond donors (Lipinski definition) is 0. The molecule has 4 nitrogen and oxygen atoms in total. The lowest BCUT2D eigenvalue weighted by Gasteiger charge is -2.11. The standard InChI is InChI=1S/C46H26N4S2/c1-2-13-28(14-3-1)44-48-45(50-46(49-44)35-21-11-20-33-31-17-7-9-23-38(31)51-42(33)35)29-24-25-39-36(26-29)40-41(32-19-10-15-27-12-4-5-16-30(27)32)47-37-22-8-6-18-34(37)43(40)52-39/h1-26H. The van der Waals surface area contributed by atoms with Gasteiger partial charge in [0.25, 0.3) is 0 Å². The summed E-state index contributed by atoms with van der Waals surface area (Å²) in [6.45, 7) is 0. The molecule has 0 aliphatic rings. The van der Waals surface area contributed by atoms with Crippen molar-refractivity contribution in [3.63, 3.8) is 0 Å². The quantitative estimate of drug-likeness (QED) is 0.184. The van der Waals surface area contributed by atoms with Gasteiger partial charge in [-0.1, -0.05) is 121 Å². The van der Waals surface area contributed by atoms with Crippen molar-refractivity contribution in [2.24, 2.45) is 0 Å². The summed E-state index contributed by atoms with van der Waals surface area (Å²) in [4.78, 5) is 20.9. The van der Waals surface area contributed by atoms with E-state index in [4.69, 9.17) is 19.9 Å². The minimum atomic E-state index is 0.642. The van der Waals surface area contributed by atoms with E-state index in [1.807, 2.05) is 29.5 Å². The fourth-order valence-corrected chi connectivity index (χ4v) is 9.92. The maximum atomic E-state index is 5.37. The van der Waals surface area contributed by atoms with Gasteiger partial charge in [-0.3, -0.25) is 0 Å². The highest BCUT2D eigenvalue weighted by Crippen LogP contribution is 2.45. The Morgan fingerprint density at radius 3 is 1.90 bits per heavy atom. The molecule has 0 unspecified atom stereocenters. The SMILES string of the molecule is c1ccc(-c2nc(-c3ccc4sc5c6ccccc6nc(-c6cccc7ccccc67)c5c4c3)nc(-c3cccc4c3sc3ccccc34)n2)cc1. The summed E-state index contributed by atoms with van der Waals surface area (Å²) in [7, 11) is 0. The number of hydrogen-bond acceptors (Lipinski definition) is 6. The molecule has 0 radical (unpaired) electrons. The van der Waals surface area contributed by atoms with E-state index in [9.17, 15) is 0 Å². The van der Waals surface area contributed by atoms with Crippen LogP contribution in [0.2, 0.25) is 0 Å². The van der Waals surface area contributed by atoms with Gasteiger partial charge in [0.05, 0.1) is 11.2 Å². The fourth-order valence-electron chi connectivity index (χ4n) is 7.49. The van der Waals surface area contributed by atoms with Crippen molar-refractivity contribution in [2.45, 2.75) is 0 Å². The molecule has 52 heavy (non-hydrogen) atoms. The molecule has 0 fully saturated rings. The van der Waals surface area contributed by atoms with Gasteiger partial charge in [-0.25, -0.2) is 19.9 Å². The molecule has 0 amide bonds. The Hall–Kier alpha value is -6.34. The topological polar surface area (TPSA) is 51.6 Å². The molecule has 6 heteroatoms. The summed E-state index contributed by atoms with van der Waals surface area (Å²) < 4.78 is 4.86. The lowest BCUT2D eigenvalue weighted by molar-refractivity contribution is 1.08. The molecule has 0 saturated carbocycles. The zero-order valence-corrected chi connectivity index (χ0v) is 29.2. The average molecular weight is 699 g/mol. The molecular weight excluding hydrogens is 673 g/mol. The van der Waals surface area contributed by atoms with Crippen molar-refractivity contribution in [2.75, 3.05) is 0 Å². The molecule has 0 aliphatic heterocycles. The van der Waals surface area contributed by atoms with E-state index in [1.165, 1.54) is 40.3 Å². The van der Waals surface area contributed by atoms with E-state index in [1.54, 1.807) is 11.3 Å². The molecule has 0 atom stereocenters. The molecule has 0 aliphatic carbocycles. The first kappa shape index (κ1) is 29.4. The first-order valence-corrected chi connectivity index (χ1v) is 18.9. The lowest BCUT2D eigenvalue weighted by Crippen LogP contribution is -2.00. The molecule has 4 heterocycles. The zero-order valence-electron chi connectivity index (χ0n) is 27.6. The number of fused-ring (bicyclic) bond motifs is 9. The van der Waals surface area contributed by atoms with E-state index < -0.39 is 0 Å². The molecule has 11 aromatic rings. The van der Waals surface area contributed by atoms with Crippen LogP contribution in [0.15, 0.2) is 158 Å². The molecule has 4 aromatic heterocycles. The first-order chi connectivity index (χ1) is 25.8. The van der Waals surface area contributed by atoms with E-state index in [-0.39, 0.29) is 0 Å². The predicted molar refractivity (Wildman–Crippen MR) is 220 cm³/mol. The Bertz CT molecular complexity index is 3190. The second-order valence-corrected chi connectivity index (χ2v) is 15.1. The largest absolute Gasteiger partial charge is 0.247 e. The third-order valence-corrected chi connectivity index (χ3v) is 12.3. The molecule has 0 saturated heterocycles. The number of pyridine rings is 1. The normalized spacial score (nSPS) is 11.8. The van der Waals surface area contributed by atoms with Crippen LogP contribution >= 0.6 is 22.7 Å². The average Bonchev–Trinajstić information content (AvgIpc) is 3.79. The smallest absolute Gasteiger partial charge is 0.165 e.